The maximum absolute atomic E-state index is 10.6. The quantitative estimate of drug-likeness (QED) is 0.454. The molecule has 5 heterocycles. The van der Waals surface area contributed by atoms with Crippen LogP contribution in [0.2, 0.25) is 0 Å². The van der Waals surface area contributed by atoms with Crippen molar-refractivity contribution in [2.75, 3.05) is 30.4 Å². The van der Waals surface area contributed by atoms with Crippen molar-refractivity contribution >= 4 is 12.0 Å². The van der Waals surface area contributed by atoms with E-state index in [0.717, 1.165) is 24.6 Å². The zero-order chi connectivity index (χ0) is 20.6. The number of hydrogen-bond donors (Lipinski definition) is 5. The lowest BCUT2D eigenvalue weighted by Crippen LogP contribution is -2.56. The molecule has 0 saturated carbocycles. The van der Waals surface area contributed by atoms with Crippen LogP contribution < -0.4 is 16.1 Å². The van der Waals surface area contributed by atoms with E-state index in [9.17, 15) is 10.2 Å². The van der Waals surface area contributed by atoms with Gasteiger partial charge in [0, 0.05) is 36.8 Å². The molecule has 10 nitrogen and oxygen atoms in total. The summed E-state index contributed by atoms with van der Waals surface area (Å²) >= 11 is 0. The van der Waals surface area contributed by atoms with Gasteiger partial charge in [-0.25, -0.2) is 14.3 Å². The van der Waals surface area contributed by atoms with Gasteiger partial charge in [-0.1, -0.05) is 6.08 Å². The fourth-order valence-corrected chi connectivity index (χ4v) is 4.63. The molecule has 2 aromatic rings. The Hall–Kier alpha value is -3.08. The molecule has 4 unspecified atom stereocenters. The smallest absolute Gasteiger partial charge is 0.157 e. The monoisotopic (exact) mass is 410 g/mol. The Balaban J connectivity index is 1.58. The third kappa shape index (κ3) is 3.00. The van der Waals surface area contributed by atoms with Crippen molar-refractivity contribution in [3.05, 3.63) is 61.0 Å². The molecule has 3 aliphatic heterocycles. The predicted octanol–water partition coefficient (Wildman–Crippen LogP) is 0.0466. The minimum absolute atomic E-state index is 0.0192. The number of imidazole rings is 1. The largest absolute Gasteiger partial charge is 0.394 e. The van der Waals surface area contributed by atoms with E-state index in [-0.39, 0.29) is 18.7 Å². The molecule has 3 aliphatic rings. The Bertz CT molecular complexity index is 979. The van der Waals surface area contributed by atoms with Crippen molar-refractivity contribution in [1.29, 1.82) is 0 Å². The van der Waals surface area contributed by atoms with Crippen LogP contribution >= 0.6 is 0 Å². The van der Waals surface area contributed by atoms with E-state index in [0.29, 0.717) is 6.54 Å². The van der Waals surface area contributed by atoms with E-state index in [1.165, 1.54) is 0 Å². The van der Waals surface area contributed by atoms with Crippen molar-refractivity contribution in [3.8, 4) is 0 Å². The Labute approximate surface area is 174 Å². The molecule has 30 heavy (non-hydrogen) atoms. The van der Waals surface area contributed by atoms with Gasteiger partial charge in [0.25, 0.3) is 0 Å². The first-order valence-electron chi connectivity index (χ1n) is 10.2. The fraction of sp³-hybridized carbons (Fsp3) is 0.400. The van der Waals surface area contributed by atoms with Crippen LogP contribution in [0.15, 0.2) is 55.2 Å². The third-order valence-corrected chi connectivity index (χ3v) is 5.94. The van der Waals surface area contributed by atoms with E-state index < -0.39 is 11.8 Å². The summed E-state index contributed by atoms with van der Waals surface area (Å²) in [6, 6.07) is 1.93. The van der Waals surface area contributed by atoms with Crippen molar-refractivity contribution in [3.63, 3.8) is 0 Å². The lowest BCUT2D eigenvalue weighted by molar-refractivity contribution is 0.0174. The summed E-state index contributed by atoms with van der Waals surface area (Å²) in [4.78, 5) is 6.64. The number of anilines is 1. The van der Waals surface area contributed by atoms with Gasteiger partial charge in [0.2, 0.25) is 0 Å². The first kappa shape index (κ1) is 18.9. The van der Waals surface area contributed by atoms with Crippen LogP contribution in [0.5, 0.6) is 0 Å². The summed E-state index contributed by atoms with van der Waals surface area (Å²) < 4.78 is 3.65. The molecule has 1 saturated heterocycles. The van der Waals surface area contributed by atoms with E-state index in [2.05, 4.69) is 27.2 Å². The van der Waals surface area contributed by atoms with Gasteiger partial charge in [-0.05, 0) is 31.2 Å². The lowest BCUT2D eigenvalue weighted by atomic mass is 9.79. The molecule has 1 fully saturated rings. The van der Waals surface area contributed by atoms with Crippen LogP contribution in [-0.4, -0.2) is 66.6 Å². The van der Waals surface area contributed by atoms with Gasteiger partial charge in [0.1, 0.15) is 17.6 Å². The van der Waals surface area contributed by atoms with Crippen molar-refractivity contribution in [2.45, 2.75) is 24.4 Å². The summed E-state index contributed by atoms with van der Waals surface area (Å²) in [6.07, 6.45) is 16.9. The maximum Gasteiger partial charge on any atom is 0.157 e. The van der Waals surface area contributed by atoms with Gasteiger partial charge in [-0.15, -0.1) is 0 Å². The second-order valence-electron chi connectivity index (χ2n) is 7.60. The van der Waals surface area contributed by atoms with E-state index in [1.54, 1.807) is 23.2 Å². The first-order chi connectivity index (χ1) is 14.7. The molecule has 0 bridgehead atoms. The second-order valence-corrected chi connectivity index (χ2v) is 7.60. The second kappa shape index (κ2) is 7.63. The summed E-state index contributed by atoms with van der Waals surface area (Å²) in [5, 5.41) is 31.4. The third-order valence-electron chi connectivity index (χ3n) is 5.94. The van der Waals surface area contributed by atoms with E-state index >= 15 is 0 Å². The molecule has 0 amide bonds. The number of nitrogens with one attached hydrogen (secondary N) is 3. The van der Waals surface area contributed by atoms with Crippen LogP contribution in [0.3, 0.4) is 0 Å². The Morgan fingerprint density at radius 2 is 2.20 bits per heavy atom. The highest BCUT2D eigenvalue weighted by Gasteiger charge is 2.51. The molecule has 0 aromatic carbocycles. The van der Waals surface area contributed by atoms with Gasteiger partial charge in [-0.2, -0.15) is 5.10 Å². The molecule has 5 N–H and O–H groups in total. The van der Waals surface area contributed by atoms with E-state index in [4.69, 9.17) is 4.98 Å². The van der Waals surface area contributed by atoms with Gasteiger partial charge >= 0.3 is 0 Å². The zero-order valence-corrected chi connectivity index (χ0v) is 16.5. The van der Waals surface area contributed by atoms with Crippen LogP contribution in [0, 0.1) is 5.92 Å². The average molecular weight is 410 g/mol. The molecule has 5 rings (SSSR count). The topological polar surface area (TPSA) is 115 Å². The summed E-state index contributed by atoms with van der Waals surface area (Å²) in [5.41, 5.74) is 2.55. The van der Waals surface area contributed by atoms with Crippen molar-refractivity contribution in [2.24, 2.45) is 5.92 Å². The fourth-order valence-electron chi connectivity index (χ4n) is 4.63. The number of rotatable bonds is 6. The highest BCUT2D eigenvalue weighted by Crippen LogP contribution is 2.43. The Kier molecular flexibility index (Phi) is 4.81. The molecule has 0 aliphatic carbocycles. The molecule has 0 radical (unpaired) electrons. The molecule has 158 valence electrons. The van der Waals surface area contributed by atoms with Gasteiger partial charge in [-0.3, -0.25) is 5.32 Å². The van der Waals surface area contributed by atoms with Gasteiger partial charge in [0.05, 0.1) is 25.5 Å². The van der Waals surface area contributed by atoms with Crippen LogP contribution in [0.1, 0.15) is 12.2 Å². The number of fused-ring (bicyclic) bond motifs is 1. The highest BCUT2D eigenvalue weighted by atomic mass is 16.3. The zero-order valence-electron chi connectivity index (χ0n) is 16.5. The SMILES string of the molecule is OCCNn1ccnc1C1(C2CCNC2N2C=CC=CC2O)C=Cn2nccc2N1. The Morgan fingerprint density at radius 3 is 3.07 bits per heavy atom. The minimum atomic E-state index is -0.699. The number of nitrogens with zero attached hydrogens (tertiary/aromatic N) is 5. The highest BCUT2D eigenvalue weighted by molar-refractivity contribution is 5.55. The van der Waals surface area contributed by atoms with Crippen molar-refractivity contribution < 1.29 is 10.2 Å². The standard InChI is InChI=1S/C20H26N8O2/c29-14-10-24-28-13-9-22-19(28)20(6-12-27-16(25-20)5-8-23-27)15-4-7-21-18(15)26-11-2-1-3-17(26)30/h1-3,5-6,8-9,11-13,15,17-18,21,24-25,29-30H,4,7,10,14H2. The van der Waals surface area contributed by atoms with Crippen LogP contribution in [0.4, 0.5) is 5.82 Å². The normalized spacial score (nSPS) is 29.8. The number of aromatic nitrogens is 4. The van der Waals surface area contributed by atoms with Crippen LogP contribution in [-0.2, 0) is 5.54 Å². The maximum atomic E-state index is 10.6. The molecule has 2 aromatic heterocycles. The van der Waals surface area contributed by atoms with E-state index in [1.807, 2.05) is 46.4 Å². The predicted molar refractivity (Wildman–Crippen MR) is 112 cm³/mol. The first-order valence-corrected chi connectivity index (χ1v) is 10.2. The van der Waals surface area contributed by atoms with Crippen molar-refractivity contribution in [1.82, 2.24) is 29.7 Å². The number of aliphatic hydroxyl groups excluding tert-OH is 2. The van der Waals surface area contributed by atoms with Gasteiger partial charge in [0.15, 0.2) is 5.82 Å². The molecule has 10 heteroatoms. The number of allylic oxidation sites excluding steroid dienone is 2. The number of aliphatic hydroxyl groups is 2. The molecular formula is C20H26N8O2. The average Bonchev–Trinajstić information content (AvgIpc) is 3.52. The summed E-state index contributed by atoms with van der Waals surface area (Å²) in [6.45, 7) is 1.24. The molecular weight excluding hydrogens is 384 g/mol. The summed E-state index contributed by atoms with van der Waals surface area (Å²) in [5.74, 6) is 1.69. The lowest BCUT2D eigenvalue weighted by Gasteiger charge is -2.45. The van der Waals surface area contributed by atoms with Gasteiger partial charge < -0.3 is 25.9 Å². The molecule has 0 spiro atoms. The summed E-state index contributed by atoms with van der Waals surface area (Å²) in [7, 11) is 0. The minimum Gasteiger partial charge on any atom is -0.394 e. The number of hydrogen-bond acceptors (Lipinski definition) is 8. The Morgan fingerprint density at radius 1 is 1.27 bits per heavy atom. The molecule has 4 atom stereocenters. The van der Waals surface area contributed by atoms with Crippen LogP contribution in [0.25, 0.3) is 6.20 Å².